The lowest BCUT2D eigenvalue weighted by molar-refractivity contribution is 0.262. The molecule has 0 fully saturated rings. The molecule has 0 bridgehead atoms. The zero-order valence-electron chi connectivity index (χ0n) is 19.1. The minimum atomic E-state index is 0.204. The molecular formula is C22H50N4. The lowest BCUT2D eigenvalue weighted by Gasteiger charge is -2.24. The van der Waals surface area contributed by atoms with E-state index in [9.17, 15) is 0 Å². The van der Waals surface area contributed by atoms with E-state index in [4.69, 9.17) is 17.2 Å². The van der Waals surface area contributed by atoms with E-state index in [1.807, 2.05) is 0 Å². The van der Waals surface area contributed by atoms with Crippen LogP contribution in [0.25, 0.3) is 0 Å². The van der Waals surface area contributed by atoms with Crippen molar-refractivity contribution in [1.82, 2.24) is 0 Å². The van der Waals surface area contributed by atoms with Crippen molar-refractivity contribution in [3.63, 3.8) is 0 Å². The number of rotatable bonds is 12. The molecule has 4 nitrogen and oxygen atoms in total. The standard InChI is InChI=1S/C11H25N3.C11H25N/c1-8(2)10(9(3)4)6-5-7-14-11(12)13;1-9(2)11(10(3)4)7-5-6-8-12/h8-10H,5-7H2,1-4H3,(H4,12,13,14);9-11H,5-8,12H2,1-4H3. The molecule has 0 radical (unpaired) electrons. The largest absolute Gasteiger partial charge is 0.370 e. The first kappa shape index (κ1) is 27.4. The Balaban J connectivity index is 0. The average molecular weight is 371 g/mol. The quantitative estimate of drug-likeness (QED) is 0.256. The number of hydrogen-bond donors (Lipinski definition) is 3. The Morgan fingerprint density at radius 1 is 0.654 bits per heavy atom. The molecular weight excluding hydrogens is 320 g/mol. The normalized spacial score (nSPS) is 11.7. The van der Waals surface area contributed by atoms with E-state index in [2.05, 4.69) is 60.4 Å². The van der Waals surface area contributed by atoms with Gasteiger partial charge in [0.05, 0.1) is 0 Å². The summed E-state index contributed by atoms with van der Waals surface area (Å²) in [4.78, 5) is 3.99. The highest BCUT2D eigenvalue weighted by Crippen LogP contribution is 2.26. The summed E-state index contributed by atoms with van der Waals surface area (Å²) < 4.78 is 0. The van der Waals surface area contributed by atoms with Crippen LogP contribution in [0.5, 0.6) is 0 Å². The van der Waals surface area contributed by atoms with Gasteiger partial charge in [0, 0.05) is 6.54 Å². The first-order valence-electron chi connectivity index (χ1n) is 10.8. The van der Waals surface area contributed by atoms with Crippen LogP contribution < -0.4 is 17.2 Å². The number of aliphatic imine (C=N–C) groups is 1. The van der Waals surface area contributed by atoms with Crippen LogP contribution in [0.15, 0.2) is 4.99 Å². The molecule has 0 aromatic carbocycles. The Hall–Kier alpha value is -0.770. The third-order valence-corrected chi connectivity index (χ3v) is 5.41. The molecule has 6 N–H and O–H groups in total. The minimum Gasteiger partial charge on any atom is -0.370 e. The second-order valence-corrected chi connectivity index (χ2v) is 9.04. The van der Waals surface area contributed by atoms with Gasteiger partial charge < -0.3 is 17.2 Å². The molecule has 0 saturated heterocycles. The fourth-order valence-electron chi connectivity index (χ4n) is 3.93. The molecule has 0 unspecified atom stereocenters. The molecule has 26 heavy (non-hydrogen) atoms. The third kappa shape index (κ3) is 15.5. The molecule has 0 amide bonds. The Labute approximate surface area is 164 Å². The summed E-state index contributed by atoms with van der Waals surface area (Å²) in [5.41, 5.74) is 16.0. The van der Waals surface area contributed by atoms with E-state index in [0.29, 0.717) is 0 Å². The summed E-state index contributed by atoms with van der Waals surface area (Å²) >= 11 is 0. The van der Waals surface area contributed by atoms with Crippen LogP contribution in [0.2, 0.25) is 0 Å². The van der Waals surface area contributed by atoms with Gasteiger partial charge in [-0.25, -0.2) is 0 Å². The maximum absolute atomic E-state index is 5.47. The van der Waals surface area contributed by atoms with Crippen molar-refractivity contribution in [2.24, 2.45) is 57.7 Å². The van der Waals surface area contributed by atoms with Crippen molar-refractivity contribution in [2.75, 3.05) is 13.1 Å². The van der Waals surface area contributed by atoms with E-state index in [1.165, 1.54) is 25.7 Å². The van der Waals surface area contributed by atoms with Gasteiger partial charge in [0.25, 0.3) is 0 Å². The molecule has 0 saturated carbocycles. The van der Waals surface area contributed by atoms with Crippen molar-refractivity contribution >= 4 is 5.96 Å². The van der Waals surface area contributed by atoms with Crippen LogP contribution in [0.1, 0.15) is 87.5 Å². The molecule has 0 aliphatic carbocycles. The SMILES string of the molecule is CC(C)C(CCCCN)C(C)C.CC(C)C(CCCN=C(N)N)C(C)C. The highest BCUT2D eigenvalue weighted by Gasteiger charge is 2.17. The molecule has 0 aliphatic heterocycles. The van der Waals surface area contributed by atoms with E-state index < -0.39 is 0 Å². The number of guanidine groups is 1. The van der Waals surface area contributed by atoms with Gasteiger partial charge in [0.15, 0.2) is 5.96 Å². The maximum atomic E-state index is 5.47. The molecule has 0 heterocycles. The lowest BCUT2D eigenvalue weighted by Crippen LogP contribution is -2.23. The zero-order chi connectivity index (χ0) is 20.7. The maximum Gasteiger partial charge on any atom is 0.185 e. The average Bonchev–Trinajstić information content (AvgIpc) is 2.50. The van der Waals surface area contributed by atoms with Crippen LogP contribution in [0.4, 0.5) is 0 Å². The van der Waals surface area contributed by atoms with Gasteiger partial charge in [0.2, 0.25) is 0 Å². The molecule has 0 rings (SSSR count). The third-order valence-electron chi connectivity index (χ3n) is 5.41. The van der Waals surface area contributed by atoms with E-state index in [0.717, 1.165) is 55.0 Å². The summed E-state index contributed by atoms with van der Waals surface area (Å²) in [5, 5.41) is 0. The van der Waals surface area contributed by atoms with E-state index >= 15 is 0 Å². The number of hydrogen-bond acceptors (Lipinski definition) is 2. The van der Waals surface area contributed by atoms with E-state index in [1.54, 1.807) is 0 Å². The molecule has 0 atom stereocenters. The van der Waals surface area contributed by atoms with Crippen molar-refractivity contribution in [3.05, 3.63) is 0 Å². The summed E-state index contributed by atoms with van der Waals surface area (Å²) in [6.07, 6.45) is 6.14. The predicted molar refractivity (Wildman–Crippen MR) is 119 cm³/mol. The van der Waals surface area contributed by atoms with Gasteiger partial charge in [-0.1, -0.05) is 61.8 Å². The molecule has 158 valence electrons. The number of nitrogens with two attached hydrogens (primary N) is 3. The van der Waals surface area contributed by atoms with Gasteiger partial charge in [-0.3, -0.25) is 4.99 Å². The summed E-state index contributed by atoms with van der Waals surface area (Å²) in [5.74, 6) is 5.00. The van der Waals surface area contributed by atoms with Gasteiger partial charge >= 0.3 is 0 Å². The monoisotopic (exact) mass is 370 g/mol. The Morgan fingerprint density at radius 3 is 1.35 bits per heavy atom. The first-order valence-corrected chi connectivity index (χ1v) is 10.8. The van der Waals surface area contributed by atoms with Crippen LogP contribution in [-0.4, -0.2) is 19.0 Å². The Bertz CT molecular complexity index is 315. The van der Waals surface area contributed by atoms with Crippen molar-refractivity contribution in [1.29, 1.82) is 0 Å². The molecule has 4 heteroatoms. The molecule has 0 aromatic heterocycles. The summed E-state index contributed by atoms with van der Waals surface area (Å²) in [6, 6.07) is 0. The van der Waals surface area contributed by atoms with Crippen LogP contribution in [0, 0.1) is 35.5 Å². The van der Waals surface area contributed by atoms with Crippen LogP contribution in [0.3, 0.4) is 0 Å². The number of unbranched alkanes of at least 4 members (excludes halogenated alkanes) is 1. The van der Waals surface area contributed by atoms with Crippen molar-refractivity contribution in [3.8, 4) is 0 Å². The predicted octanol–water partition coefficient (Wildman–Crippen LogP) is 5.01. The number of nitrogens with zero attached hydrogens (tertiary/aromatic N) is 1. The van der Waals surface area contributed by atoms with Crippen LogP contribution in [-0.2, 0) is 0 Å². The topological polar surface area (TPSA) is 90.4 Å². The Morgan fingerprint density at radius 2 is 1.04 bits per heavy atom. The van der Waals surface area contributed by atoms with E-state index in [-0.39, 0.29) is 5.96 Å². The summed E-state index contributed by atoms with van der Waals surface area (Å²) in [6.45, 7) is 20.1. The van der Waals surface area contributed by atoms with Crippen LogP contribution >= 0.6 is 0 Å². The molecule has 0 aliphatic rings. The Kier molecular flexibility index (Phi) is 17.3. The highest BCUT2D eigenvalue weighted by atomic mass is 15.0. The first-order chi connectivity index (χ1) is 12.0. The second kappa shape index (κ2) is 16.4. The zero-order valence-corrected chi connectivity index (χ0v) is 19.1. The highest BCUT2D eigenvalue weighted by molar-refractivity contribution is 5.75. The minimum absolute atomic E-state index is 0.204. The summed E-state index contributed by atoms with van der Waals surface area (Å²) in [7, 11) is 0. The van der Waals surface area contributed by atoms with Crippen molar-refractivity contribution in [2.45, 2.75) is 87.5 Å². The fraction of sp³-hybridized carbons (Fsp3) is 0.955. The van der Waals surface area contributed by atoms with Gasteiger partial charge in [-0.05, 0) is 67.7 Å². The fourth-order valence-corrected chi connectivity index (χ4v) is 3.93. The van der Waals surface area contributed by atoms with Gasteiger partial charge in [-0.15, -0.1) is 0 Å². The van der Waals surface area contributed by atoms with Crippen molar-refractivity contribution < 1.29 is 0 Å². The van der Waals surface area contributed by atoms with Gasteiger partial charge in [0.1, 0.15) is 0 Å². The van der Waals surface area contributed by atoms with Gasteiger partial charge in [-0.2, -0.15) is 0 Å². The smallest absolute Gasteiger partial charge is 0.185 e. The second-order valence-electron chi connectivity index (χ2n) is 9.04. The molecule has 0 aromatic rings. The lowest BCUT2D eigenvalue weighted by atomic mass is 9.82. The molecule has 0 spiro atoms.